The van der Waals surface area contributed by atoms with E-state index in [9.17, 15) is 0 Å². The number of allylic oxidation sites excluding steroid dienone is 3. The minimum atomic E-state index is 0.151. The summed E-state index contributed by atoms with van der Waals surface area (Å²) in [6, 6.07) is 7.81. The summed E-state index contributed by atoms with van der Waals surface area (Å²) in [6.07, 6.45) is 4.72. The maximum absolute atomic E-state index is 5.88. The first-order valence-electron chi connectivity index (χ1n) is 7.60. The van der Waals surface area contributed by atoms with Gasteiger partial charge in [0.15, 0.2) is 5.82 Å². The molecule has 0 N–H and O–H groups in total. The van der Waals surface area contributed by atoms with Crippen molar-refractivity contribution >= 4 is 11.6 Å². The lowest BCUT2D eigenvalue weighted by Crippen LogP contribution is -2.06. The number of halogens is 1. The fraction of sp³-hybridized carbons (Fsp3) is 0.333. The molecule has 2 aromatic rings. The number of hydrogen-bond acceptors (Lipinski definition) is 3. The average Bonchev–Trinajstić information content (AvgIpc) is 2.96. The molecule has 0 amide bonds. The lowest BCUT2D eigenvalue weighted by atomic mass is 10.2. The van der Waals surface area contributed by atoms with E-state index in [0.717, 1.165) is 22.8 Å². The lowest BCUT2D eigenvalue weighted by Gasteiger charge is -2.10. The number of benzene rings is 1. The molecule has 0 unspecified atom stereocenters. The molecule has 1 heterocycles. The number of alkyl halides is 1. The lowest BCUT2D eigenvalue weighted by molar-refractivity contribution is 0.242. The van der Waals surface area contributed by atoms with Gasteiger partial charge in [0.25, 0.3) is 0 Å². The Bertz CT molecular complexity index is 687. The second-order valence-corrected chi connectivity index (χ2v) is 5.77. The highest BCUT2D eigenvalue weighted by molar-refractivity contribution is 6.16. The molecule has 23 heavy (non-hydrogen) atoms. The summed E-state index contributed by atoms with van der Waals surface area (Å²) in [5.74, 6) is 2.59. The van der Waals surface area contributed by atoms with E-state index in [1.807, 2.05) is 55.8 Å². The Morgan fingerprint density at radius 1 is 1.35 bits per heavy atom. The first kappa shape index (κ1) is 17.3. The molecule has 122 valence electrons. The second kappa shape index (κ2) is 7.97. The van der Waals surface area contributed by atoms with Gasteiger partial charge in [-0.1, -0.05) is 24.3 Å². The molecule has 0 spiro atoms. The van der Waals surface area contributed by atoms with Crippen molar-refractivity contribution < 1.29 is 4.74 Å². The van der Waals surface area contributed by atoms with E-state index in [-0.39, 0.29) is 6.10 Å². The van der Waals surface area contributed by atoms with Crippen LogP contribution in [-0.2, 0) is 12.3 Å². The van der Waals surface area contributed by atoms with Gasteiger partial charge in [0.2, 0.25) is 0 Å². The molecule has 0 aliphatic heterocycles. The molecular formula is C18H22ClN3O. The molecule has 1 aromatic carbocycles. The van der Waals surface area contributed by atoms with Crippen LogP contribution >= 0.6 is 11.6 Å². The predicted molar refractivity (Wildman–Crippen MR) is 94.3 cm³/mol. The van der Waals surface area contributed by atoms with Gasteiger partial charge in [-0.3, -0.25) is 0 Å². The van der Waals surface area contributed by atoms with Gasteiger partial charge in [-0.05, 0) is 45.0 Å². The maximum Gasteiger partial charge on any atom is 0.166 e. The number of aromatic nitrogens is 3. The molecule has 0 aliphatic rings. The van der Waals surface area contributed by atoms with Crippen molar-refractivity contribution in [2.45, 2.75) is 39.2 Å². The molecule has 0 atom stereocenters. The first-order valence-corrected chi connectivity index (χ1v) is 8.14. The third-order valence-corrected chi connectivity index (χ3v) is 3.46. The predicted octanol–water partition coefficient (Wildman–Crippen LogP) is 4.47. The smallest absolute Gasteiger partial charge is 0.166 e. The van der Waals surface area contributed by atoms with Crippen molar-refractivity contribution in [3.63, 3.8) is 0 Å². The quantitative estimate of drug-likeness (QED) is 0.555. The fourth-order valence-corrected chi connectivity index (χ4v) is 2.17. The maximum atomic E-state index is 5.88. The van der Waals surface area contributed by atoms with Crippen molar-refractivity contribution in [3.05, 3.63) is 60.2 Å². The van der Waals surface area contributed by atoms with Gasteiger partial charge in [-0.2, -0.15) is 0 Å². The standard InChI is InChI=1S/C18H22ClN3O/c1-5-14(4)6-11-18-20-17(12-19)21-22(18)15-7-9-16(10-8-15)23-13(2)3/h5-10,13H,1,11-12H2,2-4H3/b14-6+. The zero-order valence-corrected chi connectivity index (χ0v) is 14.5. The molecule has 4 nitrogen and oxygen atoms in total. The van der Waals surface area contributed by atoms with Crippen molar-refractivity contribution in [2.75, 3.05) is 0 Å². The van der Waals surface area contributed by atoms with Crippen molar-refractivity contribution in [1.29, 1.82) is 0 Å². The van der Waals surface area contributed by atoms with E-state index < -0.39 is 0 Å². The van der Waals surface area contributed by atoms with Crippen LogP contribution in [0.15, 0.2) is 48.6 Å². The number of rotatable bonds is 7. The monoisotopic (exact) mass is 331 g/mol. The molecule has 0 fully saturated rings. The number of nitrogens with zero attached hydrogens (tertiary/aromatic N) is 3. The molecule has 5 heteroatoms. The molecule has 2 rings (SSSR count). The van der Waals surface area contributed by atoms with Crippen molar-refractivity contribution in [3.8, 4) is 11.4 Å². The SMILES string of the molecule is C=C/C(C)=C/Cc1nc(CCl)nn1-c1ccc(OC(C)C)cc1. The highest BCUT2D eigenvalue weighted by atomic mass is 35.5. The van der Waals surface area contributed by atoms with Gasteiger partial charge in [0, 0.05) is 6.42 Å². The Hall–Kier alpha value is -2.07. The molecule has 0 aliphatic carbocycles. The van der Waals surface area contributed by atoms with Crippen LogP contribution in [-0.4, -0.2) is 20.9 Å². The van der Waals surface area contributed by atoms with E-state index >= 15 is 0 Å². The van der Waals surface area contributed by atoms with Gasteiger partial charge in [0.05, 0.1) is 17.7 Å². The van der Waals surface area contributed by atoms with E-state index in [4.69, 9.17) is 16.3 Å². The van der Waals surface area contributed by atoms with E-state index in [2.05, 4.69) is 22.7 Å². The van der Waals surface area contributed by atoms with E-state index in [1.165, 1.54) is 0 Å². The Kier molecular flexibility index (Phi) is 5.99. The molecule has 0 bridgehead atoms. The summed E-state index contributed by atoms with van der Waals surface area (Å²) >= 11 is 5.88. The zero-order valence-electron chi connectivity index (χ0n) is 13.8. The second-order valence-electron chi connectivity index (χ2n) is 5.51. The van der Waals surface area contributed by atoms with Gasteiger partial charge in [-0.25, -0.2) is 9.67 Å². The normalized spacial score (nSPS) is 11.8. The average molecular weight is 332 g/mol. The fourth-order valence-electron chi connectivity index (χ4n) is 2.06. The van der Waals surface area contributed by atoms with Crippen LogP contribution in [0.1, 0.15) is 32.4 Å². The van der Waals surface area contributed by atoms with Crippen molar-refractivity contribution in [1.82, 2.24) is 14.8 Å². The third-order valence-electron chi connectivity index (χ3n) is 3.22. The van der Waals surface area contributed by atoms with Crippen LogP contribution in [0.4, 0.5) is 0 Å². The van der Waals surface area contributed by atoms with Crippen LogP contribution in [0.3, 0.4) is 0 Å². The van der Waals surface area contributed by atoms with Crippen LogP contribution in [0.5, 0.6) is 5.75 Å². The van der Waals surface area contributed by atoms with Gasteiger partial charge in [0.1, 0.15) is 11.6 Å². The minimum absolute atomic E-state index is 0.151. The van der Waals surface area contributed by atoms with Crippen LogP contribution in [0.2, 0.25) is 0 Å². The van der Waals surface area contributed by atoms with Gasteiger partial charge in [-0.15, -0.1) is 16.7 Å². The minimum Gasteiger partial charge on any atom is -0.491 e. The van der Waals surface area contributed by atoms with Crippen LogP contribution in [0, 0.1) is 0 Å². The topological polar surface area (TPSA) is 39.9 Å². The van der Waals surface area contributed by atoms with E-state index in [1.54, 1.807) is 0 Å². The summed E-state index contributed by atoms with van der Waals surface area (Å²) in [5.41, 5.74) is 2.04. The largest absolute Gasteiger partial charge is 0.491 e. The number of hydrogen-bond donors (Lipinski definition) is 0. The summed E-state index contributed by atoms with van der Waals surface area (Å²) < 4.78 is 7.49. The number of ether oxygens (including phenoxy) is 1. The molecule has 0 radical (unpaired) electrons. The molecule has 0 saturated carbocycles. The van der Waals surface area contributed by atoms with Crippen LogP contribution < -0.4 is 4.74 Å². The summed E-state index contributed by atoms with van der Waals surface area (Å²) in [7, 11) is 0. The molecular weight excluding hydrogens is 310 g/mol. The van der Waals surface area contributed by atoms with Crippen LogP contribution in [0.25, 0.3) is 5.69 Å². The van der Waals surface area contributed by atoms with Crippen molar-refractivity contribution in [2.24, 2.45) is 0 Å². The van der Waals surface area contributed by atoms with Gasteiger partial charge >= 0.3 is 0 Å². The Balaban J connectivity index is 2.30. The summed E-state index contributed by atoms with van der Waals surface area (Å²) in [6.45, 7) is 9.78. The Morgan fingerprint density at radius 2 is 2.04 bits per heavy atom. The summed E-state index contributed by atoms with van der Waals surface area (Å²) in [4.78, 5) is 4.49. The highest BCUT2D eigenvalue weighted by Crippen LogP contribution is 2.18. The first-order chi connectivity index (χ1) is 11.0. The summed E-state index contributed by atoms with van der Waals surface area (Å²) in [5, 5.41) is 4.47. The zero-order chi connectivity index (χ0) is 16.8. The van der Waals surface area contributed by atoms with E-state index in [0.29, 0.717) is 18.1 Å². The molecule has 1 aromatic heterocycles. The Labute approximate surface area is 142 Å². The highest BCUT2D eigenvalue weighted by Gasteiger charge is 2.10. The Morgan fingerprint density at radius 3 is 2.61 bits per heavy atom. The molecule has 0 saturated heterocycles. The van der Waals surface area contributed by atoms with Gasteiger partial charge < -0.3 is 4.74 Å². The third kappa shape index (κ3) is 4.70.